The Morgan fingerprint density at radius 3 is 2.20 bits per heavy atom. The molecule has 6 nitrogen and oxygen atoms in total. The summed E-state index contributed by atoms with van der Waals surface area (Å²) in [6.07, 6.45) is 1.41. The largest absolute Gasteiger partial charge is 0.347 e. The van der Waals surface area contributed by atoms with Crippen molar-refractivity contribution in [2.45, 2.75) is 25.6 Å². The highest BCUT2D eigenvalue weighted by Gasteiger charge is 2.41. The van der Waals surface area contributed by atoms with E-state index in [-0.39, 0.29) is 11.7 Å². The van der Waals surface area contributed by atoms with E-state index in [1.807, 2.05) is 66.4 Å². The van der Waals surface area contributed by atoms with E-state index in [1.165, 1.54) is 12.1 Å². The van der Waals surface area contributed by atoms with Crippen LogP contribution < -0.4 is 4.90 Å². The average Bonchev–Trinajstić information content (AvgIpc) is 3.34. The topological polar surface area (TPSA) is 61.2 Å². The van der Waals surface area contributed by atoms with Crippen molar-refractivity contribution in [1.29, 1.82) is 5.41 Å². The molecule has 2 aliphatic heterocycles. The molecule has 1 N–H and O–H groups in total. The molecule has 1 spiro atoms. The van der Waals surface area contributed by atoms with E-state index in [2.05, 4.69) is 4.90 Å². The number of hydrogen-bond donors (Lipinski definition) is 1. The lowest BCUT2D eigenvalue weighted by Crippen LogP contribution is -2.54. The summed E-state index contributed by atoms with van der Waals surface area (Å²) in [5.74, 6) is 0.0357. The zero-order chi connectivity index (χ0) is 24.3. The smallest absolute Gasteiger partial charge is 0.212 e. The minimum atomic E-state index is -0.529. The van der Waals surface area contributed by atoms with Crippen molar-refractivity contribution in [2.24, 2.45) is 4.99 Å². The number of halogens is 1. The number of amidine groups is 1. The zero-order valence-corrected chi connectivity index (χ0v) is 19.8. The van der Waals surface area contributed by atoms with Crippen molar-refractivity contribution in [2.75, 3.05) is 31.2 Å². The highest BCUT2D eigenvalue weighted by Crippen LogP contribution is 2.33. The average molecular weight is 473 g/mol. The number of aryl methyl sites for hydroxylation is 1. The lowest BCUT2D eigenvalue weighted by Gasteiger charge is -2.41. The molecule has 0 aromatic heterocycles. The molecule has 7 heteroatoms. The lowest BCUT2D eigenvalue weighted by molar-refractivity contribution is -0.180. The fraction of sp³-hybridized carbons (Fsp3) is 0.286. The molecule has 0 amide bonds. The van der Waals surface area contributed by atoms with Crippen LogP contribution in [0.5, 0.6) is 0 Å². The molecular weight excluding hydrogens is 443 g/mol. The van der Waals surface area contributed by atoms with Crippen LogP contribution in [0.1, 0.15) is 24.0 Å². The van der Waals surface area contributed by atoms with Crippen molar-refractivity contribution in [3.8, 4) is 0 Å². The second kappa shape index (κ2) is 9.98. The summed E-state index contributed by atoms with van der Waals surface area (Å²) in [4.78, 5) is 9.00. The third-order valence-corrected chi connectivity index (χ3v) is 6.52. The van der Waals surface area contributed by atoms with Gasteiger partial charge in [-0.05, 0) is 48.9 Å². The summed E-state index contributed by atoms with van der Waals surface area (Å²) in [6.45, 7) is 4.53. The van der Waals surface area contributed by atoms with Crippen LogP contribution in [0.4, 0.5) is 15.8 Å². The Hall–Kier alpha value is -3.55. The van der Waals surface area contributed by atoms with Crippen LogP contribution >= 0.6 is 0 Å². The van der Waals surface area contributed by atoms with Crippen LogP contribution in [-0.2, 0) is 9.47 Å². The number of piperidine rings is 1. The van der Waals surface area contributed by atoms with E-state index in [0.717, 1.165) is 16.8 Å². The molecule has 5 rings (SSSR count). The number of ether oxygens (including phenoxy) is 2. The minimum absolute atomic E-state index is 0.276. The first kappa shape index (κ1) is 23.2. The number of rotatable bonds is 3. The molecular formula is C28H29FN4O2. The second-order valence-corrected chi connectivity index (χ2v) is 8.82. The van der Waals surface area contributed by atoms with Gasteiger partial charge in [-0.3, -0.25) is 10.3 Å². The summed E-state index contributed by atoms with van der Waals surface area (Å²) in [5.41, 5.74) is 3.21. The van der Waals surface area contributed by atoms with Gasteiger partial charge in [-0.1, -0.05) is 42.5 Å². The summed E-state index contributed by atoms with van der Waals surface area (Å²) in [7, 11) is 0. The second-order valence-electron chi connectivity index (χ2n) is 8.82. The van der Waals surface area contributed by atoms with E-state index >= 15 is 0 Å². The van der Waals surface area contributed by atoms with Gasteiger partial charge in [0, 0.05) is 31.5 Å². The molecule has 2 heterocycles. The summed E-state index contributed by atoms with van der Waals surface area (Å²) in [6, 6.07) is 23.7. The lowest BCUT2D eigenvalue weighted by atomic mass is 10.0. The van der Waals surface area contributed by atoms with Gasteiger partial charge in [-0.2, -0.15) is 0 Å². The van der Waals surface area contributed by atoms with E-state index in [0.29, 0.717) is 50.8 Å². The summed E-state index contributed by atoms with van der Waals surface area (Å²) < 4.78 is 25.7. The predicted molar refractivity (Wildman–Crippen MR) is 136 cm³/mol. The van der Waals surface area contributed by atoms with Crippen molar-refractivity contribution in [1.82, 2.24) is 4.90 Å². The molecule has 3 aromatic rings. The van der Waals surface area contributed by atoms with Crippen LogP contribution in [0.3, 0.4) is 0 Å². The maximum atomic E-state index is 13.9. The van der Waals surface area contributed by atoms with Crippen LogP contribution in [0.25, 0.3) is 0 Å². The Labute approximate surface area is 205 Å². The molecule has 35 heavy (non-hydrogen) atoms. The standard InChI is InChI=1S/C28H29FN4O2/c1-21-7-5-6-10-25(21)26(30)33(24-13-11-22(29)12-14-24)27(31-23-8-3-2-4-9-23)32-17-15-28(16-18-32)34-19-20-35-28/h2-14,30H,15-20H2,1H3. The number of guanidine groups is 1. The molecule has 180 valence electrons. The Morgan fingerprint density at radius 1 is 0.914 bits per heavy atom. The van der Waals surface area contributed by atoms with E-state index in [1.54, 1.807) is 12.1 Å². The molecule has 2 aliphatic rings. The first-order valence-corrected chi connectivity index (χ1v) is 11.9. The van der Waals surface area contributed by atoms with Gasteiger partial charge >= 0.3 is 0 Å². The van der Waals surface area contributed by atoms with Crippen LogP contribution in [0.15, 0.2) is 83.9 Å². The molecule has 0 bridgehead atoms. The van der Waals surface area contributed by atoms with Gasteiger partial charge in [0.25, 0.3) is 0 Å². The number of likely N-dealkylation sites (tertiary alicyclic amines) is 1. The molecule has 0 radical (unpaired) electrons. The monoisotopic (exact) mass is 472 g/mol. The summed E-state index contributed by atoms with van der Waals surface area (Å²) >= 11 is 0. The van der Waals surface area contributed by atoms with Gasteiger partial charge in [-0.25, -0.2) is 9.38 Å². The van der Waals surface area contributed by atoms with Gasteiger partial charge in [-0.15, -0.1) is 0 Å². The van der Waals surface area contributed by atoms with Gasteiger partial charge < -0.3 is 14.4 Å². The van der Waals surface area contributed by atoms with Gasteiger partial charge in [0.05, 0.1) is 24.6 Å². The van der Waals surface area contributed by atoms with Crippen molar-refractivity contribution >= 4 is 23.2 Å². The molecule has 3 aromatic carbocycles. The van der Waals surface area contributed by atoms with E-state index in [9.17, 15) is 9.80 Å². The molecule has 0 aliphatic carbocycles. The Kier molecular flexibility index (Phi) is 6.61. The Morgan fingerprint density at radius 2 is 1.54 bits per heavy atom. The number of nitrogens with one attached hydrogen (secondary N) is 1. The van der Waals surface area contributed by atoms with Gasteiger partial charge in [0.15, 0.2) is 5.79 Å². The molecule has 0 saturated carbocycles. The molecule has 0 unspecified atom stereocenters. The normalized spacial score (nSPS) is 17.5. The Bertz CT molecular complexity index is 1200. The van der Waals surface area contributed by atoms with Gasteiger partial charge in [0.1, 0.15) is 11.7 Å². The third kappa shape index (κ3) is 4.97. The predicted octanol–water partition coefficient (Wildman–Crippen LogP) is 5.49. The quantitative estimate of drug-likeness (QED) is 0.404. The highest BCUT2D eigenvalue weighted by atomic mass is 19.1. The van der Waals surface area contributed by atoms with Crippen LogP contribution in [0, 0.1) is 18.2 Å². The molecule has 0 atom stereocenters. The van der Waals surface area contributed by atoms with E-state index in [4.69, 9.17) is 14.5 Å². The SMILES string of the molecule is Cc1ccccc1C(=N)N(C(=Nc1ccccc1)N1CCC2(CC1)OCCO2)c1ccc(F)cc1. The van der Waals surface area contributed by atoms with Crippen LogP contribution in [0.2, 0.25) is 0 Å². The number of hydrogen-bond acceptors (Lipinski definition) is 4. The highest BCUT2D eigenvalue weighted by molar-refractivity contribution is 6.24. The maximum absolute atomic E-state index is 13.9. The zero-order valence-electron chi connectivity index (χ0n) is 19.8. The first-order chi connectivity index (χ1) is 17.0. The third-order valence-electron chi connectivity index (χ3n) is 6.52. The molecule has 2 saturated heterocycles. The van der Waals surface area contributed by atoms with E-state index < -0.39 is 5.79 Å². The van der Waals surface area contributed by atoms with Crippen molar-refractivity contribution in [3.63, 3.8) is 0 Å². The van der Waals surface area contributed by atoms with Gasteiger partial charge in [0.2, 0.25) is 5.96 Å². The van der Waals surface area contributed by atoms with Crippen molar-refractivity contribution in [3.05, 3.63) is 95.8 Å². The number of benzene rings is 3. The number of nitrogens with zero attached hydrogens (tertiary/aromatic N) is 3. The number of aliphatic imine (C=N–C) groups is 1. The first-order valence-electron chi connectivity index (χ1n) is 11.9. The molecule has 2 fully saturated rings. The number of para-hydroxylation sites is 1. The maximum Gasteiger partial charge on any atom is 0.212 e. The fourth-order valence-electron chi connectivity index (χ4n) is 4.61. The fourth-order valence-corrected chi connectivity index (χ4v) is 4.61. The minimum Gasteiger partial charge on any atom is -0.347 e. The summed E-state index contributed by atoms with van der Waals surface area (Å²) in [5, 5.41) is 9.27. The number of anilines is 1. The Balaban J connectivity index is 1.59. The van der Waals surface area contributed by atoms with Crippen LogP contribution in [-0.4, -0.2) is 48.8 Å². The van der Waals surface area contributed by atoms with Crippen molar-refractivity contribution < 1.29 is 13.9 Å².